The average Bonchev–Trinajstić information content (AvgIpc) is 2.87. The molecule has 2 heterocycles. The second kappa shape index (κ2) is 5.84. The molecule has 0 fully saturated rings. The van der Waals surface area contributed by atoms with E-state index in [1.165, 1.54) is 0 Å². The summed E-state index contributed by atoms with van der Waals surface area (Å²) in [5.74, 6) is 0.792. The molecule has 0 saturated heterocycles. The Morgan fingerprint density at radius 1 is 1.29 bits per heavy atom. The molecule has 0 aliphatic rings. The number of alkyl halides is 1. The Balaban J connectivity index is 2.23. The lowest BCUT2D eigenvalue weighted by Crippen LogP contribution is -2.03. The highest BCUT2D eigenvalue weighted by atomic mass is 35.5. The molecule has 3 rings (SSSR count). The predicted molar refractivity (Wildman–Crippen MR) is 83.8 cm³/mol. The van der Waals surface area contributed by atoms with Crippen molar-refractivity contribution >= 4 is 22.8 Å². The number of nitrogens with zero attached hydrogens (tertiary/aromatic N) is 3. The normalized spacial score (nSPS) is 12.7. The first kappa shape index (κ1) is 14.0. The standard InChI is InChI=1S/C16H16ClN3O/c1-11(17)15-19-14-7-4-8-18-16(14)20(15)13-6-3-5-12(9-13)10-21-2/h3-9,11H,10H2,1-2H3. The van der Waals surface area contributed by atoms with E-state index in [2.05, 4.69) is 16.0 Å². The second-order valence-corrected chi connectivity index (χ2v) is 5.53. The number of methoxy groups -OCH3 is 1. The van der Waals surface area contributed by atoms with E-state index in [1.807, 2.05) is 41.8 Å². The van der Waals surface area contributed by atoms with Crippen molar-refractivity contribution in [3.8, 4) is 5.69 Å². The van der Waals surface area contributed by atoms with Crippen LogP contribution in [0.25, 0.3) is 16.9 Å². The van der Waals surface area contributed by atoms with Gasteiger partial charge in [0.1, 0.15) is 11.3 Å². The summed E-state index contributed by atoms with van der Waals surface area (Å²) in [7, 11) is 1.69. The average molecular weight is 302 g/mol. The number of pyridine rings is 1. The van der Waals surface area contributed by atoms with Gasteiger partial charge >= 0.3 is 0 Å². The van der Waals surface area contributed by atoms with Gasteiger partial charge in [-0.3, -0.25) is 4.57 Å². The maximum atomic E-state index is 6.29. The highest BCUT2D eigenvalue weighted by Crippen LogP contribution is 2.27. The topological polar surface area (TPSA) is 39.9 Å². The lowest BCUT2D eigenvalue weighted by Gasteiger charge is -2.11. The van der Waals surface area contributed by atoms with E-state index in [-0.39, 0.29) is 5.38 Å². The molecule has 0 N–H and O–H groups in total. The summed E-state index contributed by atoms with van der Waals surface area (Å²) >= 11 is 6.29. The number of ether oxygens (including phenoxy) is 1. The van der Waals surface area contributed by atoms with Gasteiger partial charge in [-0.05, 0) is 36.8 Å². The summed E-state index contributed by atoms with van der Waals surface area (Å²) in [6.07, 6.45) is 1.77. The molecule has 0 bridgehead atoms. The van der Waals surface area contributed by atoms with Crippen LogP contribution in [0.3, 0.4) is 0 Å². The minimum absolute atomic E-state index is 0.203. The van der Waals surface area contributed by atoms with Crippen LogP contribution in [-0.2, 0) is 11.3 Å². The van der Waals surface area contributed by atoms with Crippen LogP contribution in [0.2, 0.25) is 0 Å². The first-order valence-corrected chi connectivity index (χ1v) is 7.20. The Bertz CT molecular complexity index is 767. The fourth-order valence-electron chi connectivity index (χ4n) is 2.40. The predicted octanol–water partition coefficient (Wildman–Crippen LogP) is 3.87. The Morgan fingerprint density at radius 2 is 2.14 bits per heavy atom. The molecule has 4 nitrogen and oxygen atoms in total. The number of benzene rings is 1. The second-order valence-electron chi connectivity index (χ2n) is 4.87. The van der Waals surface area contributed by atoms with Gasteiger partial charge in [-0.2, -0.15) is 0 Å². The molecule has 0 spiro atoms. The number of hydrogen-bond donors (Lipinski definition) is 0. The fourth-order valence-corrected chi connectivity index (χ4v) is 2.55. The molecule has 0 aliphatic carbocycles. The first-order valence-electron chi connectivity index (χ1n) is 6.76. The molecule has 1 unspecified atom stereocenters. The van der Waals surface area contributed by atoms with Crippen molar-refractivity contribution in [2.75, 3.05) is 7.11 Å². The van der Waals surface area contributed by atoms with Crippen LogP contribution in [0.4, 0.5) is 0 Å². The van der Waals surface area contributed by atoms with E-state index in [9.17, 15) is 0 Å². The van der Waals surface area contributed by atoms with Gasteiger partial charge in [-0.25, -0.2) is 9.97 Å². The van der Waals surface area contributed by atoms with Crippen molar-refractivity contribution < 1.29 is 4.74 Å². The zero-order chi connectivity index (χ0) is 14.8. The van der Waals surface area contributed by atoms with E-state index >= 15 is 0 Å². The highest BCUT2D eigenvalue weighted by Gasteiger charge is 2.17. The molecule has 1 aromatic carbocycles. The van der Waals surface area contributed by atoms with E-state index in [1.54, 1.807) is 13.3 Å². The molecule has 2 aromatic heterocycles. The molecule has 0 radical (unpaired) electrons. The SMILES string of the molecule is COCc1cccc(-n2c(C(C)Cl)nc3cccnc32)c1. The zero-order valence-corrected chi connectivity index (χ0v) is 12.7. The molecule has 5 heteroatoms. The lowest BCUT2D eigenvalue weighted by molar-refractivity contribution is 0.185. The van der Waals surface area contributed by atoms with Crippen LogP contribution < -0.4 is 0 Å². The summed E-state index contributed by atoms with van der Waals surface area (Å²) in [5, 5.41) is -0.203. The number of fused-ring (bicyclic) bond motifs is 1. The quantitative estimate of drug-likeness (QED) is 0.687. The zero-order valence-electron chi connectivity index (χ0n) is 12.0. The minimum Gasteiger partial charge on any atom is -0.380 e. The van der Waals surface area contributed by atoms with Gasteiger partial charge in [0.15, 0.2) is 5.65 Å². The Hall–Kier alpha value is -1.91. The Morgan fingerprint density at radius 3 is 2.90 bits per heavy atom. The smallest absolute Gasteiger partial charge is 0.164 e. The van der Waals surface area contributed by atoms with Crippen molar-refractivity contribution in [1.82, 2.24) is 14.5 Å². The van der Waals surface area contributed by atoms with Crippen LogP contribution in [0.5, 0.6) is 0 Å². The van der Waals surface area contributed by atoms with Gasteiger partial charge in [0.05, 0.1) is 12.0 Å². The van der Waals surface area contributed by atoms with Crippen LogP contribution in [0.15, 0.2) is 42.6 Å². The van der Waals surface area contributed by atoms with E-state index in [4.69, 9.17) is 16.3 Å². The molecule has 0 saturated carbocycles. The van der Waals surface area contributed by atoms with Crippen LogP contribution in [0, 0.1) is 0 Å². The monoisotopic (exact) mass is 301 g/mol. The molecule has 0 aliphatic heterocycles. The maximum Gasteiger partial charge on any atom is 0.164 e. The third-order valence-corrected chi connectivity index (χ3v) is 3.47. The largest absolute Gasteiger partial charge is 0.380 e. The van der Waals surface area contributed by atoms with E-state index in [0.29, 0.717) is 6.61 Å². The van der Waals surface area contributed by atoms with Gasteiger partial charge in [-0.15, -0.1) is 11.6 Å². The number of hydrogen-bond acceptors (Lipinski definition) is 3. The fraction of sp³-hybridized carbons (Fsp3) is 0.250. The summed E-state index contributed by atoms with van der Waals surface area (Å²) in [4.78, 5) is 9.05. The summed E-state index contributed by atoms with van der Waals surface area (Å²) in [6.45, 7) is 2.48. The Labute approximate surface area is 128 Å². The molecule has 0 amide bonds. The number of halogens is 1. The van der Waals surface area contributed by atoms with E-state index in [0.717, 1.165) is 28.2 Å². The van der Waals surface area contributed by atoms with Crippen molar-refractivity contribution in [2.24, 2.45) is 0 Å². The minimum atomic E-state index is -0.203. The Kier molecular flexibility index (Phi) is 3.90. The molecule has 1 atom stereocenters. The lowest BCUT2D eigenvalue weighted by atomic mass is 10.2. The van der Waals surface area contributed by atoms with Gasteiger partial charge in [0.2, 0.25) is 0 Å². The van der Waals surface area contributed by atoms with Gasteiger partial charge in [0, 0.05) is 19.0 Å². The highest BCUT2D eigenvalue weighted by molar-refractivity contribution is 6.20. The molecule has 21 heavy (non-hydrogen) atoms. The van der Waals surface area contributed by atoms with Crippen molar-refractivity contribution in [3.63, 3.8) is 0 Å². The molecule has 3 aromatic rings. The number of rotatable bonds is 4. The van der Waals surface area contributed by atoms with Crippen LogP contribution in [-0.4, -0.2) is 21.6 Å². The van der Waals surface area contributed by atoms with Gasteiger partial charge < -0.3 is 4.74 Å². The molecular formula is C16H16ClN3O. The number of imidazole rings is 1. The summed E-state index contributed by atoms with van der Waals surface area (Å²) < 4.78 is 7.20. The molecular weight excluding hydrogens is 286 g/mol. The van der Waals surface area contributed by atoms with Crippen LogP contribution >= 0.6 is 11.6 Å². The van der Waals surface area contributed by atoms with Crippen LogP contribution in [0.1, 0.15) is 23.7 Å². The van der Waals surface area contributed by atoms with Gasteiger partial charge in [-0.1, -0.05) is 12.1 Å². The summed E-state index contributed by atoms with van der Waals surface area (Å²) in [5.41, 5.74) is 3.75. The van der Waals surface area contributed by atoms with Crippen molar-refractivity contribution in [1.29, 1.82) is 0 Å². The summed E-state index contributed by atoms with van der Waals surface area (Å²) in [6, 6.07) is 12.0. The first-order chi connectivity index (χ1) is 10.2. The third-order valence-electron chi connectivity index (χ3n) is 3.28. The van der Waals surface area contributed by atoms with Gasteiger partial charge in [0.25, 0.3) is 0 Å². The molecule has 108 valence electrons. The maximum absolute atomic E-state index is 6.29. The van der Waals surface area contributed by atoms with Crippen molar-refractivity contribution in [3.05, 3.63) is 54.0 Å². The van der Waals surface area contributed by atoms with Crippen molar-refractivity contribution in [2.45, 2.75) is 18.9 Å². The third kappa shape index (κ3) is 2.64. The van der Waals surface area contributed by atoms with E-state index < -0.39 is 0 Å². The number of aromatic nitrogens is 3.